The van der Waals surface area contributed by atoms with Gasteiger partial charge in [-0.1, -0.05) is 0 Å². The predicted molar refractivity (Wildman–Crippen MR) is 97.6 cm³/mol. The highest BCUT2D eigenvalue weighted by molar-refractivity contribution is 7.14. The summed E-state index contributed by atoms with van der Waals surface area (Å²) in [5, 5.41) is 2.80. The second kappa shape index (κ2) is 5.82. The first-order valence-corrected chi connectivity index (χ1v) is 9.36. The lowest BCUT2D eigenvalue weighted by atomic mass is 10.2. The molecular formula is C17H18N6OS. The predicted octanol–water partition coefficient (Wildman–Crippen LogP) is 1.76. The van der Waals surface area contributed by atoms with Crippen molar-refractivity contribution in [3.8, 4) is 0 Å². The quantitative estimate of drug-likeness (QED) is 0.906. The third-order valence-electron chi connectivity index (χ3n) is 4.92. The van der Waals surface area contributed by atoms with Crippen molar-refractivity contribution in [1.29, 1.82) is 0 Å². The second-order valence-corrected chi connectivity index (χ2v) is 7.33. The van der Waals surface area contributed by atoms with Crippen LogP contribution in [0.2, 0.25) is 0 Å². The van der Waals surface area contributed by atoms with Gasteiger partial charge in [0, 0.05) is 25.8 Å². The van der Waals surface area contributed by atoms with Crippen molar-refractivity contribution in [2.24, 2.45) is 0 Å². The van der Waals surface area contributed by atoms with E-state index in [-0.39, 0.29) is 11.9 Å². The Bertz CT molecular complexity index is 812. The van der Waals surface area contributed by atoms with Crippen LogP contribution in [0.4, 0.5) is 16.5 Å². The number of rotatable bonds is 3. The maximum atomic E-state index is 12.6. The summed E-state index contributed by atoms with van der Waals surface area (Å²) in [6.07, 6.45) is 7.97. The van der Waals surface area contributed by atoms with Gasteiger partial charge in [-0.05, 0) is 25.0 Å². The standard InChI is InChI=1S/C17H18N6OS/c24-17-13-9-23(20-14(13)10-22(17)16-8-18-11-25-16)12-3-4-15(19-7-12)21-5-1-2-6-21/h3-4,7-9,11,14,20H,1-2,5-6,10H2. The van der Waals surface area contributed by atoms with Gasteiger partial charge in [0.1, 0.15) is 10.8 Å². The minimum Gasteiger partial charge on any atom is -0.357 e. The van der Waals surface area contributed by atoms with Crippen molar-refractivity contribution in [2.75, 3.05) is 34.4 Å². The van der Waals surface area contributed by atoms with Crippen LogP contribution in [0.3, 0.4) is 0 Å². The summed E-state index contributed by atoms with van der Waals surface area (Å²) in [5.74, 6) is 1.08. The van der Waals surface area contributed by atoms with Crippen molar-refractivity contribution in [3.63, 3.8) is 0 Å². The van der Waals surface area contributed by atoms with Gasteiger partial charge < -0.3 is 4.90 Å². The van der Waals surface area contributed by atoms with E-state index in [1.807, 2.05) is 17.4 Å². The number of hydrogen-bond acceptors (Lipinski definition) is 7. The molecule has 2 fully saturated rings. The van der Waals surface area contributed by atoms with Gasteiger partial charge in [-0.25, -0.2) is 10.4 Å². The monoisotopic (exact) mass is 354 g/mol. The van der Waals surface area contributed by atoms with Crippen molar-refractivity contribution in [2.45, 2.75) is 18.9 Å². The maximum absolute atomic E-state index is 12.6. The zero-order valence-corrected chi connectivity index (χ0v) is 14.4. The van der Waals surface area contributed by atoms with Gasteiger partial charge in [0.15, 0.2) is 0 Å². The van der Waals surface area contributed by atoms with Crippen molar-refractivity contribution in [1.82, 2.24) is 15.4 Å². The van der Waals surface area contributed by atoms with E-state index in [9.17, 15) is 4.79 Å². The molecule has 2 saturated heterocycles. The molecule has 5 rings (SSSR count). The summed E-state index contributed by atoms with van der Waals surface area (Å²) in [5.41, 5.74) is 6.87. The summed E-state index contributed by atoms with van der Waals surface area (Å²) in [6, 6.07) is 4.12. The van der Waals surface area contributed by atoms with E-state index in [1.54, 1.807) is 16.6 Å². The molecule has 8 heteroatoms. The topological polar surface area (TPSA) is 64.6 Å². The van der Waals surface area contributed by atoms with Gasteiger partial charge in [-0.3, -0.25) is 19.7 Å². The first-order chi connectivity index (χ1) is 12.3. The second-order valence-electron chi connectivity index (χ2n) is 6.46. The largest absolute Gasteiger partial charge is 0.357 e. The van der Waals surface area contributed by atoms with E-state index in [4.69, 9.17) is 0 Å². The number of anilines is 3. The number of carbonyl (C=O) groups excluding carboxylic acids is 1. The highest BCUT2D eigenvalue weighted by atomic mass is 32.1. The molecule has 0 bridgehead atoms. The molecule has 7 nitrogen and oxygen atoms in total. The zero-order valence-electron chi connectivity index (χ0n) is 13.6. The molecule has 0 saturated carbocycles. The molecule has 25 heavy (non-hydrogen) atoms. The highest BCUT2D eigenvalue weighted by Gasteiger charge is 2.41. The van der Waals surface area contributed by atoms with Crippen LogP contribution < -0.4 is 20.2 Å². The molecule has 1 amide bonds. The van der Waals surface area contributed by atoms with E-state index in [0.29, 0.717) is 6.54 Å². The summed E-state index contributed by atoms with van der Waals surface area (Å²) in [6.45, 7) is 2.80. The van der Waals surface area contributed by atoms with Crippen LogP contribution in [0, 0.1) is 0 Å². The van der Waals surface area contributed by atoms with Gasteiger partial charge in [0.05, 0.1) is 35.2 Å². The molecule has 2 aromatic rings. The fraction of sp³-hybridized carbons (Fsp3) is 0.353. The van der Waals surface area contributed by atoms with E-state index in [1.165, 1.54) is 24.2 Å². The Morgan fingerprint density at radius 3 is 2.76 bits per heavy atom. The Morgan fingerprint density at radius 1 is 1.20 bits per heavy atom. The minimum atomic E-state index is 0.00728. The fourth-order valence-corrected chi connectivity index (χ4v) is 4.24. The molecule has 0 aromatic carbocycles. The highest BCUT2D eigenvalue weighted by Crippen LogP contribution is 2.32. The number of hydrogen-bond donors (Lipinski definition) is 1. The lowest BCUT2D eigenvalue weighted by molar-refractivity contribution is -0.114. The van der Waals surface area contributed by atoms with Gasteiger partial charge in [0.2, 0.25) is 0 Å². The number of fused-ring (bicyclic) bond motifs is 1. The van der Waals surface area contributed by atoms with Crippen LogP contribution in [0.5, 0.6) is 0 Å². The normalized spacial score (nSPS) is 22.7. The molecule has 0 aliphatic carbocycles. The smallest absolute Gasteiger partial charge is 0.258 e. The lowest BCUT2D eigenvalue weighted by Gasteiger charge is -2.22. The zero-order chi connectivity index (χ0) is 16.8. The number of nitrogens with zero attached hydrogens (tertiary/aromatic N) is 5. The van der Waals surface area contributed by atoms with E-state index >= 15 is 0 Å². The number of hydrazine groups is 1. The molecule has 0 spiro atoms. The Labute approximate surface area is 149 Å². The molecule has 1 atom stereocenters. The van der Waals surface area contributed by atoms with Crippen molar-refractivity contribution < 1.29 is 4.79 Å². The van der Waals surface area contributed by atoms with Crippen molar-refractivity contribution >= 4 is 33.8 Å². The van der Waals surface area contributed by atoms with Crippen molar-refractivity contribution in [3.05, 3.63) is 41.8 Å². The summed E-state index contributed by atoms with van der Waals surface area (Å²) >= 11 is 1.48. The number of aromatic nitrogens is 2. The van der Waals surface area contributed by atoms with E-state index in [2.05, 4.69) is 32.4 Å². The summed E-state index contributed by atoms with van der Waals surface area (Å²) in [4.78, 5) is 25.4. The number of carbonyl (C=O) groups is 1. The molecular weight excluding hydrogens is 336 g/mol. The van der Waals surface area contributed by atoms with Crippen LogP contribution in [0.15, 0.2) is 41.8 Å². The van der Waals surface area contributed by atoms with Crippen LogP contribution >= 0.6 is 11.3 Å². The summed E-state index contributed by atoms with van der Waals surface area (Å²) < 4.78 is 0. The Morgan fingerprint density at radius 2 is 2.08 bits per heavy atom. The molecule has 3 aliphatic heterocycles. The van der Waals surface area contributed by atoms with Gasteiger partial charge >= 0.3 is 0 Å². The third kappa shape index (κ3) is 2.49. The first kappa shape index (κ1) is 14.9. The Balaban J connectivity index is 1.34. The van der Waals surface area contributed by atoms with Gasteiger partial charge in [0.25, 0.3) is 5.91 Å². The fourth-order valence-electron chi connectivity index (χ4n) is 3.60. The van der Waals surface area contributed by atoms with E-state index in [0.717, 1.165) is 35.2 Å². The average Bonchev–Trinajstić information content (AvgIpc) is 3.42. The molecule has 2 aromatic heterocycles. The third-order valence-corrected chi connectivity index (χ3v) is 5.72. The number of pyridine rings is 1. The molecule has 5 heterocycles. The summed E-state index contributed by atoms with van der Waals surface area (Å²) in [7, 11) is 0. The Hall–Kier alpha value is -2.45. The maximum Gasteiger partial charge on any atom is 0.258 e. The SMILES string of the molecule is O=C1C2=CN(c3ccc(N4CCCC4)nc3)NC2CN1c1cncs1. The number of amides is 1. The minimum absolute atomic E-state index is 0.00728. The lowest BCUT2D eigenvalue weighted by Crippen LogP contribution is -2.39. The van der Waals surface area contributed by atoms with Gasteiger partial charge in [-0.15, -0.1) is 11.3 Å². The molecule has 0 radical (unpaired) electrons. The van der Waals surface area contributed by atoms with Crippen LogP contribution in [-0.4, -0.2) is 41.6 Å². The molecule has 1 N–H and O–H groups in total. The van der Waals surface area contributed by atoms with Gasteiger partial charge in [-0.2, -0.15) is 0 Å². The number of nitrogens with one attached hydrogen (secondary N) is 1. The number of thiazole rings is 1. The first-order valence-electron chi connectivity index (χ1n) is 8.48. The average molecular weight is 354 g/mol. The van der Waals surface area contributed by atoms with Crippen LogP contribution in [0.25, 0.3) is 0 Å². The van der Waals surface area contributed by atoms with E-state index < -0.39 is 0 Å². The Kier molecular flexibility index (Phi) is 3.46. The molecule has 128 valence electrons. The molecule has 3 aliphatic rings. The van der Waals surface area contributed by atoms with Crippen LogP contribution in [-0.2, 0) is 4.79 Å². The van der Waals surface area contributed by atoms with Crippen LogP contribution in [0.1, 0.15) is 12.8 Å². The molecule has 1 unspecified atom stereocenters.